The lowest BCUT2D eigenvalue weighted by atomic mass is 10.2. The first-order chi connectivity index (χ1) is 12.4. The number of thioether (sulfide) groups is 1. The molecule has 0 radical (unpaired) electrons. The standard InChI is InChI=1S/C17H15F2N5OS/c1-10-4-3-5-13(8-10)24-17(21-22-23-24)26-11(2)16(25)20-15-7-6-12(18)9-14(15)19/h3-9,11H,1-2H3,(H,20,25). The van der Waals surface area contributed by atoms with Gasteiger partial charge in [0.25, 0.3) is 0 Å². The lowest BCUT2D eigenvalue weighted by Crippen LogP contribution is -2.23. The first kappa shape index (κ1) is 18.0. The minimum absolute atomic E-state index is 0.0814. The van der Waals surface area contributed by atoms with Crippen LogP contribution in [0.4, 0.5) is 14.5 Å². The van der Waals surface area contributed by atoms with Crippen LogP contribution in [-0.4, -0.2) is 31.4 Å². The van der Waals surface area contributed by atoms with Gasteiger partial charge in [-0.25, -0.2) is 8.78 Å². The molecule has 0 aliphatic rings. The Morgan fingerprint density at radius 2 is 2.04 bits per heavy atom. The molecular formula is C17H15F2N5OS. The van der Waals surface area contributed by atoms with Gasteiger partial charge in [0.2, 0.25) is 11.1 Å². The van der Waals surface area contributed by atoms with E-state index in [1.807, 2.05) is 31.2 Å². The predicted octanol–water partition coefficient (Wildman–Crippen LogP) is 3.37. The summed E-state index contributed by atoms with van der Waals surface area (Å²) in [4.78, 5) is 12.3. The third-order valence-electron chi connectivity index (χ3n) is 3.53. The van der Waals surface area contributed by atoms with Crippen molar-refractivity contribution in [2.24, 2.45) is 0 Å². The number of anilines is 1. The van der Waals surface area contributed by atoms with Crippen LogP contribution in [0.5, 0.6) is 0 Å². The van der Waals surface area contributed by atoms with Crippen LogP contribution in [-0.2, 0) is 4.79 Å². The summed E-state index contributed by atoms with van der Waals surface area (Å²) in [5.74, 6) is -1.99. The number of rotatable bonds is 5. The fourth-order valence-electron chi connectivity index (χ4n) is 2.21. The molecule has 1 N–H and O–H groups in total. The molecule has 0 aliphatic heterocycles. The van der Waals surface area contributed by atoms with Gasteiger partial charge in [0.1, 0.15) is 11.6 Å². The van der Waals surface area contributed by atoms with Crippen LogP contribution < -0.4 is 5.32 Å². The van der Waals surface area contributed by atoms with E-state index in [-0.39, 0.29) is 5.69 Å². The fourth-order valence-corrected chi connectivity index (χ4v) is 3.02. The van der Waals surface area contributed by atoms with Gasteiger partial charge in [-0.05, 0) is 54.1 Å². The molecule has 9 heteroatoms. The third kappa shape index (κ3) is 4.05. The van der Waals surface area contributed by atoms with Crippen LogP contribution in [0.1, 0.15) is 12.5 Å². The first-order valence-corrected chi connectivity index (χ1v) is 8.60. The van der Waals surface area contributed by atoms with E-state index >= 15 is 0 Å². The number of amides is 1. The normalized spacial score (nSPS) is 12.0. The monoisotopic (exact) mass is 375 g/mol. The molecule has 0 spiro atoms. The summed E-state index contributed by atoms with van der Waals surface area (Å²) in [5.41, 5.74) is 1.74. The molecule has 2 aromatic carbocycles. The zero-order valence-corrected chi connectivity index (χ0v) is 14.8. The molecule has 3 aromatic rings. The highest BCUT2D eigenvalue weighted by atomic mass is 32.2. The van der Waals surface area contributed by atoms with Crippen molar-refractivity contribution < 1.29 is 13.6 Å². The summed E-state index contributed by atoms with van der Waals surface area (Å²) in [6.45, 7) is 3.60. The van der Waals surface area contributed by atoms with Gasteiger partial charge in [0.05, 0.1) is 16.6 Å². The van der Waals surface area contributed by atoms with Crippen LogP contribution in [0.25, 0.3) is 5.69 Å². The van der Waals surface area contributed by atoms with Gasteiger partial charge < -0.3 is 5.32 Å². The van der Waals surface area contributed by atoms with E-state index in [1.165, 1.54) is 10.7 Å². The third-order valence-corrected chi connectivity index (χ3v) is 4.56. The minimum Gasteiger partial charge on any atom is -0.323 e. The molecule has 0 aliphatic carbocycles. The number of aromatic nitrogens is 4. The van der Waals surface area contributed by atoms with Crippen LogP contribution in [0, 0.1) is 18.6 Å². The average molecular weight is 375 g/mol. The molecular weight excluding hydrogens is 360 g/mol. The lowest BCUT2D eigenvalue weighted by Gasteiger charge is -2.12. The van der Waals surface area contributed by atoms with Gasteiger partial charge in [-0.15, -0.1) is 5.10 Å². The summed E-state index contributed by atoms with van der Waals surface area (Å²) in [5, 5.41) is 13.8. The smallest absolute Gasteiger partial charge is 0.237 e. The molecule has 0 bridgehead atoms. The summed E-state index contributed by atoms with van der Waals surface area (Å²) in [6, 6.07) is 10.6. The second kappa shape index (κ2) is 7.61. The average Bonchev–Trinajstić information content (AvgIpc) is 3.05. The van der Waals surface area contributed by atoms with Crippen molar-refractivity contribution in [3.63, 3.8) is 0 Å². The highest BCUT2D eigenvalue weighted by Crippen LogP contribution is 2.24. The molecule has 0 saturated heterocycles. The summed E-state index contributed by atoms with van der Waals surface area (Å²) in [7, 11) is 0. The Hall–Kier alpha value is -2.81. The van der Waals surface area contributed by atoms with E-state index in [9.17, 15) is 13.6 Å². The topological polar surface area (TPSA) is 72.7 Å². The highest BCUT2D eigenvalue weighted by Gasteiger charge is 2.20. The van der Waals surface area contributed by atoms with Gasteiger partial charge in [0, 0.05) is 6.07 Å². The van der Waals surface area contributed by atoms with Crippen molar-refractivity contribution in [1.29, 1.82) is 0 Å². The van der Waals surface area contributed by atoms with Gasteiger partial charge in [-0.3, -0.25) is 4.79 Å². The number of halogens is 2. The van der Waals surface area contributed by atoms with E-state index in [0.717, 1.165) is 29.1 Å². The Morgan fingerprint density at radius 1 is 1.23 bits per heavy atom. The summed E-state index contributed by atoms with van der Waals surface area (Å²) in [6.07, 6.45) is 0. The van der Waals surface area contributed by atoms with Crippen molar-refractivity contribution in [3.05, 3.63) is 59.7 Å². The van der Waals surface area contributed by atoms with Crippen LogP contribution in [0.15, 0.2) is 47.6 Å². The Morgan fingerprint density at radius 3 is 2.77 bits per heavy atom. The molecule has 1 unspecified atom stereocenters. The number of carbonyl (C=O) groups is 1. The SMILES string of the molecule is Cc1cccc(-n2nnnc2SC(C)C(=O)Nc2ccc(F)cc2F)c1. The molecule has 1 heterocycles. The molecule has 0 saturated carbocycles. The van der Waals surface area contributed by atoms with Crippen molar-refractivity contribution in [2.45, 2.75) is 24.3 Å². The molecule has 26 heavy (non-hydrogen) atoms. The number of hydrogen-bond donors (Lipinski definition) is 1. The number of nitrogens with zero attached hydrogens (tertiary/aromatic N) is 4. The number of aryl methyl sites for hydroxylation is 1. The first-order valence-electron chi connectivity index (χ1n) is 7.72. The molecule has 1 aromatic heterocycles. The molecule has 6 nitrogen and oxygen atoms in total. The Kier molecular flexibility index (Phi) is 5.27. The lowest BCUT2D eigenvalue weighted by molar-refractivity contribution is -0.115. The molecule has 1 amide bonds. The molecule has 3 rings (SSSR count). The Bertz CT molecular complexity index is 946. The highest BCUT2D eigenvalue weighted by molar-refractivity contribution is 8.00. The van der Waals surface area contributed by atoms with E-state index in [4.69, 9.17) is 0 Å². The second-order valence-corrected chi connectivity index (χ2v) is 6.89. The van der Waals surface area contributed by atoms with Crippen LogP contribution >= 0.6 is 11.8 Å². The number of hydrogen-bond acceptors (Lipinski definition) is 5. The number of nitrogens with one attached hydrogen (secondary N) is 1. The molecule has 0 fully saturated rings. The van der Waals surface area contributed by atoms with E-state index in [2.05, 4.69) is 20.8 Å². The van der Waals surface area contributed by atoms with Crippen LogP contribution in [0.2, 0.25) is 0 Å². The van der Waals surface area contributed by atoms with E-state index < -0.39 is 22.8 Å². The number of carbonyl (C=O) groups excluding carboxylic acids is 1. The van der Waals surface area contributed by atoms with E-state index in [1.54, 1.807) is 6.92 Å². The number of tetrazole rings is 1. The Balaban J connectivity index is 1.73. The maximum Gasteiger partial charge on any atom is 0.237 e. The summed E-state index contributed by atoms with van der Waals surface area (Å²) >= 11 is 1.13. The summed E-state index contributed by atoms with van der Waals surface area (Å²) < 4.78 is 28.2. The zero-order valence-electron chi connectivity index (χ0n) is 14.0. The van der Waals surface area contributed by atoms with Crippen molar-refractivity contribution in [1.82, 2.24) is 20.2 Å². The zero-order chi connectivity index (χ0) is 18.7. The van der Waals surface area contributed by atoms with Gasteiger partial charge in [-0.1, -0.05) is 23.9 Å². The van der Waals surface area contributed by atoms with Gasteiger partial charge >= 0.3 is 0 Å². The Labute approximate surface area is 152 Å². The largest absolute Gasteiger partial charge is 0.323 e. The molecule has 1 atom stereocenters. The van der Waals surface area contributed by atoms with Gasteiger partial charge in [-0.2, -0.15) is 4.68 Å². The van der Waals surface area contributed by atoms with Gasteiger partial charge in [0.15, 0.2) is 0 Å². The molecule has 134 valence electrons. The predicted molar refractivity (Wildman–Crippen MR) is 94.2 cm³/mol. The number of benzene rings is 2. The van der Waals surface area contributed by atoms with Crippen molar-refractivity contribution in [3.8, 4) is 5.69 Å². The maximum atomic E-state index is 13.7. The van der Waals surface area contributed by atoms with E-state index in [0.29, 0.717) is 11.2 Å². The maximum absolute atomic E-state index is 13.7. The van der Waals surface area contributed by atoms with Crippen molar-refractivity contribution in [2.75, 3.05) is 5.32 Å². The quantitative estimate of drug-likeness (QED) is 0.692. The fraction of sp³-hybridized carbons (Fsp3) is 0.176. The second-order valence-electron chi connectivity index (χ2n) is 5.59. The van der Waals surface area contributed by atoms with Crippen molar-refractivity contribution >= 4 is 23.4 Å². The van der Waals surface area contributed by atoms with Crippen LogP contribution in [0.3, 0.4) is 0 Å². The minimum atomic E-state index is -0.833.